The highest BCUT2D eigenvalue weighted by Crippen LogP contribution is 2.34. The second-order valence-corrected chi connectivity index (χ2v) is 9.02. The smallest absolute Gasteiger partial charge is 0.175 e. The van der Waals surface area contributed by atoms with Crippen LogP contribution < -0.4 is 0 Å². The maximum atomic E-state index is 11.9. The van der Waals surface area contributed by atoms with Crippen LogP contribution in [0.4, 0.5) is 0 Å². The van der Waals surface area contributed by atoms with Crippen molar-refractivity contribution in [3.05, 3.63) is 41.7 Å². The van der Waals surface area contributed by atoms with Gasteiger partial charge in [-0.05, 0) is 49.9 Å². The number of aryl methyl sites for hydroxylation is 1. The van der Waals surface area contributed by atoms with Crippen molar-refractivity contribution in [2.24, 2.45) is 0 Å². The van der Waals surface area contributed by atoms with Gasteiger partial charge in [0.1, 0.15) is 6.07 Å². The van der Waals surface area contributed by atoms with Gasteiger partial charge in [-0.1, -0.05) is 6.07 Å². The van der Waals surface area contributed by atoms with Crippen molar-refractivity contribution in [2.75, 3.05) is 12.9 Å². The van der Waals surface area contributed by atoms with E-state index in [0.717, 1.165) is 30.3 Å². The van der Waals surface area contributed by atoms with Gasteiger partial charge in [0.25, 0.3) is 0 Å². The second-order valence-electron chi connectivity index (χ2n) is 7.03. The standard InChI is InChI=1S/C20H20N4O3S/c1-13-11-14(6-7-17(13)28(2,25)26)20-19-15(12-21)23-24(16(19)8-9-22-20)18-5-3-4-10-27-18/h6-9,11,18H,3-5,10H2,1-2H3. The monoisotopic (exact) mass is 396 g/mol. The third-order valence-corrected chi connectivity index (χ3v) is 6.26. The van der Waals surface area contributed by atoms with E-state index in [1.807, 2.05) is 6.07 Å². The van der Waals surface area contributed by atoms with Crippen molar-refractivity contribution >= 4 is 20.7 Å². The van der Waals surface area contributed by atoms with Crippen LogP contribution in [0, 0.1) is 18.3 Å². The molecule has 1 fully saturated rings. The minimum absolute atomic E-state index is 0.192. The van der Waals surface area contributed by atoms with E-state index < -0.39 is 9.84 Å². The number of hydrogen-bond donors (Lipinski definition) is 0. The van der Waals surface area contributed by atoms with Crippen molar-refractivity contribution in [2.45, 2.75) is 37.3 Å². The van der Waals surface area contributed by atoms with Crippen molar-refractivity contribution in [3.63, 3.8) is 0 Å². The Morgan fingerprint density at radius 1 is 1.29 bits per heavy atom. The number of nitrogens with zero attached hydrogens (tertiary/aromatic N) is 4. The summed E-state index contributed by atoms with van der Waals surface area (Å²) >= 11 is 0. The molecular formula is C20H20N4O3S. The molecule has 7 nitrogen and oxygen atoms in total. The Hall–Kier alpha value is -2.76. The maximum absolute atomic E-state index is 11.9. The van der Waals surface area contributed by atoms with Gasteiger partial charge in [0.15, 0.2) is 21.8 Å². The van der Waals surface area contributed by atoms with Gasteiger partial charge in [-0.3, -0.25) is 4.98 Å². The number of pyridine rings is 1. The third-order valence-electron chi connectivity index (χ3n) is 5.00. The van der Waals surface area contributed by atoms with Crippen LogP contribution in [0.3, 0.4) is 0 Å². The molecule has 8 heteroatoms. The molecule has 0 aliphatic carbocycles. The predicted octanol–water partition coefficient (Wildman–Crippen LogP) is 3.38. The van der Waals surface area contributed by atoms with Crippen molar-refractivity contribution in [1.29, 1.82) is 5.26 Å². The normalized spacial score (nSPS) is 17.5. The van der Waals surface area contributed by atoms with Crippen molar-refractivity contribution < 1.29 is 13.2 Å². The molecule has 3 aromatic rings. The van der Waals surface area contributed by atoms with Crippen LogP contribution in [0.25, 0.3) is 22.2 Å². The van der Waals surface area contributed by atoms with Crippen molar-refractivity contribution in [1.82, 2.24) is 14.8 Å². The van der Waals surface area contributed by atoms with Gasteiger partial charge in [0.05, 0.1) is 21.5 Å². The number of rotatable bonds is 3. The molecular weight excluding hydrogens is 376 g/mol. The first-order valence-corrected chi connectivity index (χ1v) is 11.0. The van der Waals surface area contributed by atoms with Crippen LogP contribution in [-0.4, -0.2) is 36.0 Å². The number of benzene rings is 1. The van der Waals surface area contributed by atoms with E-state index in [2.05, 4.69) is 16.2 Å². The van der Waals surface area contributed by atoms with E-state index in [1.54, 1.807) is 36.0 Å². The molecule has 3 heterocycles. The summed E-state index contributed by atoms with van der Waals surface area (Å²) < 4.78 is 31.4. The molecule has 144 valence electrons. The molecule has 1 aromatic carbocycles. The van der Waals surface area contributed by atoms with Gasteiger partial charge < -0.3 is 4.74 Å². The molecule has 1 saturated heterocycles. The highest BCUT2D eigenvalue weighted by Gasteiger charge is 2.23. The lowest BCUT2D eigenvalue weighted by molar-refractivity contribution is -0.0367. The Labute approximate surface area is 163 Å². The third kappa shape index (κ3) is 3.17. The summed E-state index contributed by atoms with van der Waals surface area (Å²) in [7, 11) is -3.30. The first-order chi connectivity index (χ1) is 13.4. The number of sulfone groups is 1. The zero-order valence-electron chi connectivity index (χ0n) is 15.7. The summed E-state index contributed by atoms with van der Waals surface area (Å²) in [6.07, 6.45) is 5.61. The van der Waals surface area contributed by atoms with E-state index in [4.69, 9.17) is 4.74 Å². The van der Waals surface area contributed by atoms with Gasteiger partial charge in [-0.15, -0.1) is 0 Å². The largest absolute Gasteiger partial charge is 0.356 e. The first kappa shape index (κ1) is 18.6. The molecule has 28 heavy (non-hydrogen) atoms. The van der Waals surface area contributed by atoms with Crippen LogP contribution in [-0.2, 0) is 14.6 Å². The number of aromatic nitrogens is 3. The van der Waals surface area contributed by atoms with E-state index in [-0.39, 0.29) is 16.8 Å². The Morgan fingerprint density at radius 2 is 2.11 bits per heavy atom. The van der Waals surface area contributed by atoms with Crippen LogP contribution in [0.2, 0.25) is 0 Å². The average Bonchev–Trinajstić information content (AvgIpc) is 3.06. The molecule has 1 aliphatic rings. The average molecular weight is 396 g/mol. The van der Waals surface area contributed by atoms with Crippen LogP contribution in [0.15, 0.2) is 35.4 Å². The lowest BCUT2D eigenvalue weighted by Gasteiger charge is -2.23. The summed E-state index contributed by atoms with van der Waals surface area (Å²) in [5.41, 5.74) is 3.08. The zero-order chi connectivity index (χ0) is 19.9. The quantitative estimate of drug-likeness (QED) is 0.673. The molecule has 0 bridgehead atoms. The van der Waals surface area contributed by atoms with E-state index in [9.17, 15) is 13.7 Å². The summed E-state index contributed by atoms with van der Waals surface area (Å²) in [4.78, 5) is 4.77. The van der Waals surface area contributed by atoms with Crippen LogP contribution >= 0.6 is 0 Å². The summed E-state index contributed by atoms with van der Waals surface area (Å²) in [6.45, 7) is 2.43. The fraction of sp³-hybridized carbons (Fsp3) is 0.350. The number of fused-ring (bicyclic) bond motifs is 1. The molecule has 2 aromatic heterocycles. The minimum Gasteiger partial charge on any atom is -0.356 e. The number of hydrogen-bond acceptors (Lipinski definition) is 6. The van der Waals surface area contributed by atoms with Gasteiger partial charge in [-0.2, -0.15) is 10.4 Å². The molecule has 0 radical (unpaired) electrons. The van der Waals surface area contributed by atoms with Gasteiger partial charge in [-0.25, -0.2) is 13.1 Å². The van der Waals surface area contributed by atoms with Gasteiger partial charge in [0.2, 0.25) is 0 Å². The highest BCUT2D eigenvalue weighted by molar-refractivity contribution is 7.90. The lowest BCUT2D eigenvalue weighted by Crippen LogP contribution is -2.19. The van der Waals surface area contributed by atoms with Gasteiger partial charge >= 0.3 is 0 Å². The lowest BCUT2D eigenvalue weighted by atomic mass is 10.0. The summed E-state index contributed by atoms with van der Waals surface area (Å²) in [6, 6.07) is 9.10. The molecule has 1 atom stereocenters. The van der Waals surface area contributed by atoms with Crippen LogP contribution in [0.5, 0.6) is 0 Å². The second kappa shape index (κ2) is 7.00. The molecule has 0 saturated carbocycles. The first-order valence-electron chi connectivity index (χ1n) is 9.10. The number of ether oxygens (including phenoxy) is 1. The maximum Gasteiger partial charge on any atom is 0.175 e. The molecule has 0 N–H and O–H groups in total. The van der Waals surface area contributed by atoms with E-state index in [1.165, 1.54) is 6.26 Å². The molecule has 0 spiro atoms. The molecule has 0 amide bonds. The minimum atomic E-state index is -3.30. The molecule has 1 unspecified atom stereocenters. The molecule has 4 rings (SSSR count). The zero-order valence-corrected chi connectivity index (χ0v) is 16.5. The Morgan fingerprint density at radius 3 is 2.75 bits per heavy atom. The fourth-order valence-electron chi connectivity index (χ4n) is 3.73. The van der Waals surface area contributed by atoms with Crippen molar-refractivity contribution in [3.8, 4) is 17.3 Å². The van der Waals surface area contributed by atoms with E-state index in [0.29, 0.717) is 23.3 Å². The Bertz CT molecular complexity index is 1200. The summed E-state index contributed by atoms with van der Waals surface area (Å²) in [5.74, 6) is 0. The Balaban J connectivity index is 1.90. The summed E-state index contributed by atoms with van der Waals surface area (Å²) in [5, 5.41) is 14.8. The van der Waals surface area contributed by atoms with Crippen LogP contribution in [0.1, 0.15) is 36.7 Å². The Kier molecular flexibility index (Phi) is 4.65. The highest BCUT2D eigenvalue weighted by atomic mass is 32.2. The predicted molar refractivity (Wildman–Crippen MR) is 104 cm³/mol. The fourth-order valence-corrected chi connectivity index (χ4v) is 4.69. The topological polar surface area (TPSA) is 97.9 Å². The molecule has 1 aliphatic heterocycles. The van der Waals surface area contributed by atoms with E-state index >= 15 is 0 Å². The van der Waals surface area contributed by atoms with Gasteiger partial charge in [0, 0.05) is 24.6 Å². The number of nitriles is 1. The SMILES string of the molecule is Cc1cc(-c2nccc3c2c(C#N)nn3C2CCCCO2)ccc1S(C)(=O)=O.